The Kier molecular flexibility index (Phi) is 3.56. The second-order valence-corrected chi connectivity index (χ2v) is 4.97. The van der Waals surface area contributed by atoms with Crippen molar-refractivity contribution < 1.29 is 13.2 Å². The molecule has 1 atom stereocenters. The van der Waals surface area contributed by atoms with E-state index in [9.17, 15) is 13.2 Å². The minimum absolute atomic E-state index is 0.0768. The van der Waals surface area contributed by atoms with E-state index in [1.165, 1.54) is 11.3 Å². The number of benzene rings is 1. The summed E-state index contributed by atoms with van der Waals surface area (Å²) in [4.78, 5) is 4.24. The highest BCUT2D eigenvalue weighted by Gasteiger charge is 2.14. The summed E-state index contributed by atoms with van der Waals surface area (Å²) in [5, 5.41) is 5.50. The summed E-state index contributed by atoms with van der Waals surface area (Å²) in [6.45, 7) is 3.63. The number of aryl methyl sites for hydroxylation is 1. The second kappa shape index (κ2) is 4.97. The first-order chi connectivity index (χ1) is 8.47. The number of hydrogen-bond donors (Lipinski definition) is 1. The fraction of sp³-hybridized carbons (Fsp3) is 0.250. The lowest BCUT2D eigenvalue weighted by atomic mass is 10.2. The van der Waals surface area contributed by atoms with Gasteiger partial charge < -0.3 is 5.32 Å². The van der Waals surface area contributed by atoms with E-state index >= 15 is 0 Å². The molecule has 0 aliphatic rings. The molecule has 1 unspecified atom stereocenters. The van der Waals surface area contributed by atoms with E-state index in [1.807, 2.05) is 12.3 Å². The van der Waals surface area contributed by atoms with Crippen LogP contribution in [-0.4, -0.2) is 4.98 Å². The van der Waals surface area contributed by atoms with Crippen LogP contribution in [0.3, 0.4) is 0 Å². The van der Waals surface area contributed by atoms with Crippen LogP contribution in [0.5, 0.6) is 0 Å². The van der Waals surface area contributed by atoms with Crippen molar-refractivity contribution in [3.63, 3.8) is 0 Å². The smallest absolute Gasteiger partial charge is 0.161 e. The number of rotatable bonds is 3. The van der Waals surface area contributed by atoms with Crippen LogP contribution < -0.4 is 5.32 Å². The van der Waals surface area contributed by atoms with Gasteiger partial charge in [-0.1, -0.05) is 0 Å². The number of thiazole rings is 1. The van der Waals surface area contributed by atoms with Gasteiger partial charge in [0, 0.05) is 17.5 Å². The predicted octanol–water partition coefficient (Wildman–Crippen LogP) is 4.04. The van der Waals surface area contributed by atoms with Crippen molar-refractivity contribution in [1.82, 2.24) is 4.98 Å². The maximum absolute atomic E-state index is 13.4. The summed E-state index contributed by atoms with van der Waals surface area (Å²) in [6.07, 6.45) is 0. The average Bonchev–Trinajstić information content (AvgIpc) is 2.73. The average molecular weight is 272 g/mol. The van der Waals surface area contributed by atoms with Gasteiger partial charge in [-0.15, -0.1) is 11.3 Å². The molecule has 1 heterocycles. The SMILES string of the molecule is Cc1nc(C(C)Nc2cc(F)c(F)cc2F)cs1. The Morgan fingerprint density at radius 3 is 2.44 bits per heavy atom. The van der Waals surface area contributed by atoms with Crippen LogP contribution in [0.1, 0.15) is 23.7 Å². The van der Waals surface area contributed by atoms with Crippen molar-refractivity contribution in [2.45, 2.75) is 19.9 Å². The Morgan fingerprint density at radius 2 is 1.83 bits per heavy atom. The maximum atomic E-state index is 13.4. The van der Waals surface area contributed by atoms with Crippen molar-refractivity contribution in [3.8, 4) is 0 Å². The molecule has 0 fully saturated rings. The summed E-state index contributed by atoms with van der Waals surface area (Å²) in [5.74, 6) is -3.11. The van der Waals surface area contributed by atoms with E-state index in [2.05, 4.69) is 10.3 Å². The van der Waals surface area contributed by atoms with Gasteiger partial charge in [-0.2, -0.15) is 0 Å². The number of hydrogen-bond acceptors (Lipinski definition) is 3. The molecule has 0 amide bonds. The standard InChI is InChI=1S/C12H11F3N2S/c1-6(12-5-18-7(2)17-12)16-11-4-9(14)8(13)3-10(11)15/h3-6,16H,1-2H3. The number of aromatic nitrogens is 1. The molecule has 1 N–H and O–H groups in total. The lowest BCUT2D eigenvalue weighted by molar-refractivity contribution is 0.495. The Balaban J connectivity index is 2.21. The van der Waals surface area contributed by atoms with E-state index in [1.54, 1.807) is 6.92 Å². The normalized spacial score (nSPS) is 12.5. The zero-order valence-electron chi connectivity index (χ0n) is 9.80. The molecule has 1 aromatic carbocycles. The lowest BCUT2D eigenvalue weighted by Crippen LogP contribution is -2.09. The Bertz CT molecular complexity index is 568. The van der Waals surface area contributed by atoms with Crippen molar-refractivity contribution in [3.05, 3.63) is 45.7 Å². The zero-order chi connectivity index (χ0) is 13.3. The van der Waals surface area contributed by atoms with Gasteiger partial charge in [0.05, 0.1) is 22.4 Å². The van der Waals surface area contributed by atoms with Crippen LogP contribution in [-0.2, 0) is 0 Å². The Hall–Kier alpha value is -1.56. The maximum Gasteiger partial charge on any atom is 0.161 e. The Labute approximate surface area is 106 Å². The van der Waals surface area contributed by atoms with Gasteiger partial charge in [0.25, 0.3) is 0 Å². The minimum Gasteiger partial charge on any atom is -0.374 e. The molecule has 6 heteroatoms. The molecule has 2 rings (SSSR count). The van der Waals surface area contributed by atoms with Crippen LogP contribution in [0.4, 0.5) is 18.9 Å². The Morgan fingerprint density at radius 1 is 1.17 bits per heavy atom. The number of nitrogens with zero attached hydrogens (tertiary/aromatic N) is 1. The monoisotopic (exact) mass is 272 g/mol. The van der Waals surface area contributed by atoms with Crippen molar-refractivity contribution in [2.75, 3.05) is 5.32 Å². The van der Waals surface area contributed by atoms with Gasteiger partial charge in [0.15, 0.2) is 11.6 Å². The molecule has 18 heavy (non-hydrogen) atoms. The zero-order valence-corrected chi connectivity index (χ0v) is 10.6. The van der Waals surface area contributed by atoms with Crippen LogP contribution >= 0.6 is 11.3 Å². The van der Waals surface area contributed by atoms with Gasteiger partial charge in [-0.05, 0) is 13.8 Å². The minimum atomic E-state index is -1.20. The van der Waals surface area contributed by atoms with Crippen LogP contribution in [0.15, 0.2) is 17.5 Å². The summed E-state index contributed by atoms with van der Waals surface area (Å²) in [6, 6.07) is 1.05. The van der Waals surface area contributed by atoms with E-state index in [0.29, 0.717) is 6.07 Å². The fourth-order valence-corrected chi connectivity index (χ4v) is 2.23. The highest BCUT2D eigenvalue weighted by molar-refractivity contribution is 7.09. The molecule has 2 nitrogen and oxygen atoms in total. The number of anilines is 1. The largest absolute Gasteiger partial charge is 0.374 e. The molecular formula is C12H11F3N2S. The quantitative estimate of drug-likeness (QED) is 0.853. The highest BCUT2D eigenvalue weighted by atomic mass is 32.1. The van der Waals surface area contributed by atoms with Crippen LogP contribution in [0.25, 0.3) is 0 Å². The first-order valence-corrected chi connectivity index (χ1v) is 6.18. The van der Waals surface area contributed by atoms with Crippen LogP contribution in [0, 0.1) is 24.4 Å². The van der Waals surface area contributed by atoms with Gasteiger partial charge in [0.1, 0.15) is 5.82 Å². The molecule has 0 aliphatic heterocycles. The van der Waals surface area contributed by atoms with Crippen molar-refractivity contribution in [2.24, 2.45) is 0 Å². The third-order valence-corrected chi connectivity index (χ3v) is 3.25. The van der Waals surface area contributed by atoms with Crippen molar-refractivity contribution >= 4 is 17.0 Å². The van der Waals surface area contributed by atoms with E-state index in [4.69, 9.17) is 0 Å². The first-order valence-electron chi connectivity index (χ1n) is 5.30. The summed E-state index contributed by atoms with van der Waals surface area (Å²) >= 11 is 1.47. The molecule has 0 saturated carbocycles. The molecule has 0 spiro atoms. The first kappa shape index (κ1) is 12.9. The van der Waals surface area contributed by atoms with Gasteiger partial charge in [-0.3, -0.25) is 0 Å². The molecule has 96 valence electrons. The molecule has 0 saturated heterocycles. The third kappa shape index (κ3) is 2.64. The van der Waals surface area contributed by atoms with Gasteiger partial charge >= 0.3 is 0 Å². The highest BCUT2D eigenvalue weighted by Crippen LogP contribution is 2.24. The molecule has 2 aromatic rings. The van der Waals surface area contributed by atoms with E-state index in [-0.39, 0.29) is 11.7 Å². The molecule has 0 radical (unpaired) electrons. The molecular weight excluding hydrogens is 261 g/mol. The number of nitrogens with one attached hydrogen (secondary N) is 1. The van der Waals surface area contributed by atoms with E-state index < -0.39 is 17.5 Å². The van der Waals surface area contributed by atoms with E-state index in [0.717, 1.165) is 16.8 Å². The summed E-state index contributed by atoms with van der Waals surface area (Å²) < 4.78 is 39.2. The summed E-state index contributed by atoms with van der Waals surface area (Å²) in [7, 11) is 0. The summed E-state index contributed by atoms with van der Waals surface area (Å²) in [5.41, 5.74) is 0.661. The fourth-order valence-electron chi connectivity index (χ4n) is 1.52. The molecule has 0 bridgehead atoms. The van der Waals surface area contributed by atoms with Crippen molar-refractivity contribution in [1.29, 1.82) is 0 Å². The van der Waals surface area contributed by atoms with Gasteiger partial charge in [0.2, 0.25) is 0 Å². The topological polar surface area (TPSA) is 24.9 Å². The predicted molar refractivity (Wildman–Crippen MR) is 65.2 cm³/mol. The van der Waals surface area contributed by atoms with Crippen LogP contribution in [0.2, 0.25) is 0 Å². The third-order valence-electron chi connectivity index (χ3n) is 2.46. The lowest BCUT2D eigenvalue weighted by Gasteiger charge is -2.14. The van der Waals surface area contributed by atoms with Gasteiger partial charge in [-0.25, -0.2) is 18.2 Å². The molecule has 0 aliphatic carbocycles. The number of halogens is 3. The second-order valence-electron chi connectivity index (χ2n) is 3.90. The molecule has 1 aromatic heterocycles.